The predicted octanol–water partition coefficient (Wildman–Crippen LogP) is 4.65. The minimum absolute atomic E-state index is 0.500. The molecule has 2 nitrogen and oxygen atoms in total. The third-order valence-electron chi connectivity index (χ3n) is 4.81. The molecular formula is C18H30N2. The first-order chi connectivity index (χ1) is 9.74. The van der Waals surface area contributed by atoms with Crippen molar-refractivity contribution in [3.8, 4) is 0 Å². The summed E-state index contributed by atoms with van der Waals surface area (Å²) in [5.74, 6) is 1.75. The van der Waals surface area contributed by atoms with E-state index in [-0.39, 0.29) is 0 Å². The molecule has 0 amide bonds. The highest BCUT2D eigenvalue weighted by Crippen LogP contribution is 2.37. The third-order valence-corrected chi connectivity index (χ3v) is 4.81. The van der Waals surface area contributed by atoms with E-state index in [1.807, 2.05) is 6.20 Å². The summed E-state index contributed by atoms with van der Waals surface area (Å²) in [6.07, 6.45) is 12.1. The van der Waals surface area contributed by atoms with Crippen LogP contribution in [0.1, 0.15) is 69.5 Å². The fraction of sp³-hybridized carbons (Fsp3) is 0.722. The highest BCUT2D eigenvalue weighted by atomic mass is 14.9. The Kier molecular flexibility index (Phi) is 6.03. The summed E-state index contributed by atoms with van der Waals surface area (Å²) >= 11 is 0. The van der Waals surface area contributed by atoms with Crippen molar-refractivity contribution in [2.45, 2.75) is 65.3 Å². The zero-order valence-corrected chi connectivity index (χ0v) is 13.4. The lowest BCUT2D eigenvalue weighted by atomic mass is 9.76. The molecule has 20 heavy (non-hydrogen) atoms. The van der Waals surface area contributed by atoms with Crippen molar-refractivity contribution < 1.29 is 0 Å². The maximum absolute atomic E-state index is 4.40. The Balaban J connectivity index is 2.07. The molecule has 1 aliphatic carbocycles. The van der Waals surface area contributed by atoms with Crippen LogP contribution < -0.4 is 5.32 Å². The molecule has 1 aliphatic rings. The molecule has 2 rings (SSSR count). The number of hydrogen-bond acceptors (Lipinski definition) is 2. The zero-order valence-electron chi connectivity index (χ0n) is 13.4. The minimum atomic E-state index is 0.500. The Morgan fingerprint density at radius 3 is 2.55 bits per heavy atom. The van der Waals surface area contributed by atoms with Gasteiger partial charge in [-0.05, 0) is 55.7 Å². The van der Waals surface area contributed by atoms with Gasteiger partial charge in [0.15, 0.2) is 0 Å². The highest BCUT2D eigenvalue weighted by molar-refractivity contribution is 5.21. The summed E-state index contributed by atoms with van der Waals surface area (Å²) in [5, 5.41) is 3.78. The van der Waals surface area contributed by atoms with Crippen LogP contribution >= 0.6 is 0 Å². The average molecular weight is 274 g/mol. The van der Waals surface area contributed by atoms with Gasteiger partial charge in [0.05, 0.1) is 0 Å². The van der Waals surface area contributed by atoms with Gasteiger partial charge in [-0.3, -0.25) is 4.98 Å². The van der Waals surface area contributed by atoms with E-state index in [1.165, 1.54) is 49.7 Å². The standard InChI is InChI=1S/C18H30N2/c1-4-10-20-18(17-11-14(3)12-19-13-17)16-8-6-15(5-2)7-9-16/h11-13,15-16,18,20H,4-10H2,1-3H3. The topological polar surface area (TPSA) is 24.9 Å². The van der Waals surface area contributed by atoms with Gasteiger partial charge in [-0.2, -0.15) is 0 Å². The maximum Gasteiger partial charge on any atom is 0.0364 e. The lowest BCUT2D eigenvalue weighted by Gasteiger charge is -2.34. The van der Waals surface area contributed by atoms with Gasteiger partial charge in [-0.15, -0.1) is 0 Å². The Morgan fingerprint density at radius 1 is 1.20 bits per heavy atom. The minimum Gasteiger partial charge on any atom is -0.310 e. The average Bonchev–Trinajstić information content (AvgIpc) is 2.48. The van der Waals surface area contributed by atoms with Crippen molar-refractivity contribution in [1.29, 1.82) is 0 Å². The summed E-state index contributed by atoms with van der Waals surface area (Å²) in [6, 6.07) is 2.81. The summed E-state index contributed by atoms with van der Waals surface area (Å²) < 4.78 is 0. The molecule has 1 atom stereocenters. The molecule has 0 radical (unpaired) electrons. The molecular weight excluding hydrogens is 244 g/mol. The van der Waals surface area contributed by atoms with Crippen molar-refractivity contribution in [3.05, 3.63) is 29.6 Å². The van der Waals surface area contributed by atoms with Crippen LogP contribution in [0.5, 0.6) is 0 Å². The molecule has 1 fully saturated rings. The summed E-state index contributed by atoms with van der Waals surface area (Å²) in [4.78, 5) is 4.40. The number of rotatable bonds is 6. The van der Waals surface area contributed by atoms with Crippen molar-refractivity contribution in [3.63, 3.8) is 0 Å². The van der Waals surface area contributed by atoms with E-state index in [2.05, 4.69) is 43.3 Å². The Morgan fingerprint density at radius 2 is 1.95 bits per heavy atom. The summed E-state index contributed by atoms with van der Waals surface area (Å²) in [5.41, 5.74) is 2.66. The van der Waals surface area contributed by atoms with E-state index in [4.69, 9.17) is 0 Å². The smallest absolute Gasteiger partial charge is 0.0364 e. The Hall–Kier alpha value is -0.890. The molecule has 112 valence electrons. The van der Waals surface area contributed by atoms with Crippen LogP contribution in [0, 0.1) is 18.8 Å². The molecule has 0 aromatic carbocycles. The molecule has 1 N–H and O–H groups in total. The Bertz CT molecular complexity index is 394. The molecule has 2 heteroatoms. The van der Waals surface area contributed by atoms with E-state index in [0.29, 0.717) is 6.04 Å². The van der Waals surface area contributed by atoms with Gasteiger partial charge < -0.3 is 5.32 Å². The predicted molar refractivity (Wildman–Crippen MR) is 85.7 cm³/mol. The van der Waals surface area contributed by atoms with Gasteiger partial charge in [0, 0.05) is 18.4 Å². The molecule has 0 saturated heterocycles. The lowest BCUT2D eigenvalue weighted by molar-refractivity contribution is 0.218. The van der Waals surface area contributed by atoms with Crippen molar-refractivity contribution in [2.75, 3.05) is 6.54 Å². The van der Waals surface area contributed by atoms with Crippen molar-refractivity contribution in [2.24, 2.45) is 11.8 Å². The molecule has 1 heterocycles. The molecule has 0 bridgehead atoms. The molecule has 1 saturated carbocycles. The normalized spacial score (nSPS) is 24.6. The number of hydrogen-bond donors (Lipinski definition) is 1. The van der Waals surface area contributed by atoms with Gasteiger partial charge in [0.1, 0.15) is 0 Å². The van der Waals surface area contributed by atoms with Crippen LogP contribution in [-0.2, 0) is 0 Å². The second-order valence-corrected chi connectivity index (χ2v) is 6.42. The SMILES string of the molecule is CCCNC(c1cncc(C)c1)C1CCC(CC)CC1. The van der Waals surface area contributed by atoms with Gasteiger partial charge in [0.25, 0.3) is 0 Å². The van der Waals surface area contributed by atoms with E-state index in [9.17, 15) is 0 Å². The largest absolute Gasteiger partial charge is 0.310 e. The van der Waals surface area contributed by atoms with Gasteiger partial charge in [-0.25, -0.2) is 0 Å². The third kappa shape index (κ3) is 4.05. The van der Waals surface area contributed by atoms with Crippen LogP contribution in [0.4, 0.5) is 0 Å². The van der Waals surface area contributed by atoms with Crippen LogP contribution in [0.3, 0.4) is 0 Å². The van der Waals surface area contributed by atoms with Gasteiger partial charge in [-0.1, -0.05) is 39.2 Å². The summed E-state index contributed by atoms with van der Waals surface area (Å²) in [7, 11) is 0. The number of aryl methyl sites for hydroxylation is 1. The highest BCUT2D eigenvalue weighted by Gasteiger charge is 2.27. The first-order valence-electron chi connectivity index (χ1n) is 8.39. The Labute approximate surface area is 124 Å². The first-order valence-corrected chi connectivity index (χ1v) is 8.39. The molecule has 1 aromatic rings. The number of nitrogens with zero attached hydrogens (tertiary/aromatic N) is 1. The second-order valence-electron chi connectivity index (χ2n) is 6.42. The molecule has 0 aliphatic heterocycles. The fourth-order valence-electron chi connectivity index (χ4n) is 3.53. The van der Waals surface area contributed by atoms with E-state index in [0.717, 1.165) is 18.4 Å². The van der Waals surface area contributed by atoms with Crippen LogP contribution in [0.25, 0.3) is 0 Å². The zero-order chi connectivity index (χ0) is 14.4. The summed E-state index contributed by atoms with van der Waals surface area (Å²) in [6.45, 7) is 7.82. The lowest BCUT2D eigenvalue weighted by Crippen LogP contribution is -2.31. The monoisotopic (exact) mass is 274 g/mol. The van der Waals surface area contributed by atoms with Crippen molar-refractivity contribution in [1.82, 2.24) is 10.3 Å². The van der Waals surface area contributed by atoms with Crippen LogP contribution in [0.2, 0.25) is 0 Å². The van der Waals surface area contributed by atoms with E-state index in [1.54, 1.807) is 0 Å². The molecule has 1 unspecified atom stereocenters. The van der Waals surface area contributed by atoms with E-state index >= 15 is 0 Å². The number of aromatic nitrogens is 1. The fourth-order valence-corrected chi connectivity index (χ4v) is 3.53. The number of nitrogens with one attached hydrogen (secondary N) is 1. The van der Waals surface area contributed by atoms with E-state index < -0.39 is 0 Å². The van der Waals surface area contributed by atoms with Gasteiger partial charge >= 0.3 is 0 Å². The quantitative estimate of drug-likeness (QED) is 0.817. The van der Waals surface area contributed by atoms with Crippen LogP contribution in [0.15, 0.2) is 18.5 Å². The number of pyridine rings is 1. The molecule has 0 spiro atoms. The van der Waals surface area contributed by atoms with Gasteiger partial charge in [0.2, 0.25) is 0 Å². The van der Waals surface area contributed by atoms with Crippen molar-refractivity contribution >= 4 is 0 Å². The second kappa shape index (κ2) is 7.78. The molecule has 1 aromatic heterocycles. The maximum atomic E-state index is 4.40. The van der Waals surface area contributed by atoms with Crippen LogP contribution in [-0.4, -0.2) is 11.5 Å². The first kappa shape index (κ1) is 15.5.